The first-order valence-corrected chi connectivity index (χ1v) is 6.39. The van der Waals surface area contributed by atoms with E-state index in [0.29, 0.717) is 12.2 Å². The maximum absolute atomic E-state index is 11.9. The van der Waals surface area contributed by atoms with Crippen molar-refractivity contribution in [3.63, 3.8) is 0 Å². The van der Waals surface area contributed by atoms with Crippen LogP contribution in [0.4, 0.5) is 0 Å². The van der Waals surface area contributed by atoms with E-state index in [9.17, 15) is 4.79 Å². The molecule has 0 saturated heterocycles. The van der Waals surface area contributed by atoms with E-state index in [0.717, 1.165) is 16.5 Å². The van der Waals surface area contributed by atoms with Gasteiger partial charge in [-0.2, -0.15) is 0 Å². The highest BCUT2D eigenvalue weighted by Gasteiger charge is 2.10. The number of methoxy groups -OCH3 is 1. The largest absolute Gasteiger partial charge is 0.385 e. The highest BCUT2D eigenvalue weighted by molar-refractivity contribution is 9.10. The fourth-order valence-corrected chi connectivity index (χ4v) is 2.15. The number of benzene rings is 1. The van der Waals surface area contributed by atoms with Crippen molar-refractivity contribution in [3.05, 3.63) is 33.8 Å². The second kappa shape index (κ2) is 6.77. The third-order valence-corrected chi connectivity index (χ3v) is 2.89. The minimum absolute atomic E-state index is 0.0435. The number of nitrogens with one attached hydrogen (secondary N) is 1. The molecule has 1 aromatic carbocycles. The van der Waals surface area contributed by atoms with E-state index >= 15 is 0 Å². The van der Waals surface area contributed by atoms with E-state index in [2.05, 4.69) is 21.2 Å². The van der Waals surface area contributed by atoms with Crippen molar-refractivity contribution in [3.8, 4) is 0 Å². The van der Waals surface area contributed by atoms with Gasteiger partial charge in [0.1, 0.15) is 0 Å². The monoisotopic (exact) mass is 299 g/mol. The summed E-state index contributed by atoms with van der Waals surface area (Å²) in [7, 11) is 1.66. The summed E-state index contributed by atoms with van der Waals surface area (Å²) in [6.45, 7) is 4.59. The lowest BCUT2D eigenvalue weighted by molar-refractivity contribution is 0.0929. The molecule has 1 rings (SSSR count). The predicted molar refractivity (Wildman–Crippen MR) is 72.3 cm³/mol. The normalized spacial score (nSPS) is 12.2. The van der Waals surface area contributed by atoms with Crippen molar-refractivity contribution in [1.29, 1.82) is 0 Å². The van der Waals surface area contributed by atoms with Gasteiger partial charge in [-0.3, -0.25) is 4.79 Å². The second-order valence-corrected chi connectivity index (χ2v) is 5.09. The topological polar surface area (TPSA) is 38.3 Å². The van der Waals surface area contributed by atoms with Crippen molar-refractivity contribution in [1.82, 2.24) is 5.32 Å². The molecule has 0 aliphatic rings. The molecular formula is C13H18BrNO2. The molecule has 0 heterocycles. The zero-order chi connectivity index (χ0) is 12.8. The van der Waals surface area contributed by atoms with Crippen LogP contribution in [0.3, 0.4) is 0 Å². The third-order valence-electron chi connectivity index (χ3n) is 2.44. The zero-order valence-corrected chi connectivity index (χ0v) is 12.0. The van der Waals surface area contributed by atoms with Crippen LogP contribution in [-0.4, -0.2) is 25.7 Å². The van der Waals surface area contributed by atoms with Crippen LogP contribution in [0.5, 0.6) is 0 Å². The number of aryl methyl sites for hydroxylation is 1. The fraction of sp³-hybridized carbons (Fsp3) is 0.462. The van der Waals surface area contributed by atoms with E-state index in [1.54, 1.807) is 7.11 Å². The van der Waals surface area contributed by atoms with Crippen LogP contribution < -0.4 is 5.32 Å². The van der Waals surface area contributed by atoms with Gasteiger partial charge in [0.2, 0.25) is 0 Å². The number of carbonyl (C=O) groups excluding carboxylic acids is 1. The van der Waals surface area contributed by atoms with E-state index in [1.165, 1.54) is 0 Å². The highest BCUT2D eigenvalue weighted by Crippen LogP contribution is 2.15. The van der Waals surface area contributed by atoms with Crippen LogP contribution >= 0.6 is 15.9 Å². The summed E-state index contributed by atoms with van der Waals surface area (Å²) in [4.78, 5) is 11.9. The summed E-state index contributed by atoms with van der Waals surface area (Å²) in [5.74, 6) is -0.0435. The van der Waals surface area contributed by atoms with Gasteiger partial charge in [-0.15, -0.1) is 0 Å². The van der Waals surface area contributed by atoms with E-state index in [4.69, 9.17) is 4.74 Å². The summed E-state index contributed by atoms with van der Waals surface area (Å²) in [6, 6.07) is 5.79. The molecule has 0 aliphatic heterocycles. The smallest absolute Gasteiger partial charge is 0.251 e. The number of hydrogen-bond acceptors (Lipinski definition) is 2. The minimum Gasteiger partial charge on any atom is -0.385 e. The van der Waals surface area contributed by atoms with Gasteiger partial charge >= 0.3 is 0 Å². The first-order chi connectivity index (χ1) is 8.02. The van der Waals surface area contributed by atoms with Crippen molar-refractivity contribution >= 4 is 21.8 Å². The van der Waals surface area contributed by atoms with Crippen molar-refractivity contribution in [2.45, 2.75) is 26.3 Å². The lowest BCUT2D eigenvalue weighted by atomic mass is 10.1. The average molecular weight is 300 g/mol. The molecule has 0 spiro atoms. The van der Waals surface area contributed by atoms with Crippen molar-refractivity contribution < 1.29 is 9.53 Å². The van der Waals surface area contributed by atoms with Gasteiger partial charge in [-0.25, -0.2) is 0 Å². The number of amides is 1. The quantitative estimate of drug-likeness (QED) is 0.908. The molecule has 0 aliphatic carbocycles. The summed E-state index contributed by atoms with van der Waals surface area (Å²) in [5.41, 5.74) is 1.75. The predicted octanol–water partition coefficient (Wildman–Crippen LogP) is 2.91. The molecule has 1 N–H and O–H groups in total. The maximum Gasteiger partial charge on any atom is 0.251 e. The standard InChI is InChI=1S/C13H18BrNO2/c1-9-6-11(8-12(14)7-9)13(16)15-10(2)4-5-17-3/h6-8,10H,4-5H2,1-3H3,(H,15,16). The molecule has 1 unspecified atom stereocenters. The van der Waals surface area contributed by atoms with Gasteiger partial charge < -0.3 is 10.1 Å². The molecule has 1 aromatic rings. The lowest BCUT2D eigenvalue weighted by Crippen LogP contribution is -2.33. The SMILES string of the molecule is COCCC(C)NC(=O)c1cc(C)cc(Br)c1. The van der Waals surface area contributed by atoms with Gasteiger partial charge in [-0.05, 0) is 44.0 Å². The van der Waals surface area contributed by atoms with Gasteiger partial charge in [-0.1, -0.05) is 15.9 Å². The van der Waals surface area contributed by atoms with E-state index in [-0.39, 0.29) is 11.9 Å². The molecule has 0 radical (unpaired) electrons. The van der Waals surface area contributed by atoms with E-state index < -0.39 is 0 Å². The number of rotatable bonds is 5. The first-order valence-electron chi connectivity index (χ1n) is 5.60. The molecule has 4 heteroatoms. The lowest BCUT2D eigenvalue weighted by Gasteiger charge is -2.13. The van der Waals surface area contributed by atoms with Crippen LogP contribution in [0.1, 0.15) is 29.3 Å². The molecule has 0 aromatic heterocycles. The molecule has 1 amide bonds. The minimum atomic E-state index is -0.0435. The highest BCUT2D eigenvalue weighted by atomic mass is 79.9. The van der Waals surface area contributed by atoms with Gasteiger partial charge in [0.05, 0.1) is 0 Å². The summed E-state index contributed by atoms with van der Waals surface area (Å²) < 4.78 is 5.90. The second-order valence-electron chi connectivity index (χ2n) is 4.17. The van der Waals surface area contributed by atoms with Crippen molar-refractivity contribution in [2.24, 2.45) is 0 Å². The molecular weight excluding hydrogens is 282 g/mol. The Hall–Kier alpha value is -0.870. The Kier molecular flexibility index (Phi) is 5.65. The van der Waals surface area contributed by atoms with Crippen LogP contribution in [-0.2, 0) is 4.74 Å². The molecule has 3 nitrogen and oxygen atoms in total. The molecule has 0 saturated carbocycles. The number of carbonyl (C=O) groups is 1. The third kappa shape index (κ3) is 4.88. The Morgan fingerprint density at radius 1 is 1.47 bits per heavy atom. The van der Waals surface area contributed by atoms with Gasteiger partial charge in [0.25, 0.3) is 5.91 Å². The summed E-state index contributed by atoms with van der Waals surface area (Å²) in [6.07, 6.45) is 0.815. The molecule has 94 valence electrons. The number of hydrogen-bond donors (Lipinski definition) is 1. The van der Waals surface area contributed by atoms with Gasteiger partial charge in [0.15, 0.2) is 0 Å². The molecule has 0 bridgehead atoms. The van der Waals surface area contributed by atoms with E-state index in [1.807, 2.05) is 32.0 Å². The van der Waals surface area contributed by atoms with Crippen LogP contribution in [0.25, 0.3) is 0 Å². The maximum atomic E-state index is 11.9. The molecule has 1 atom stereocenters. The summed E-state index contributed by atoms with van der Waals surface area (Å²) in [5, 5.41) is 2.95. The molecule has 0 fully saturated rings. The number of ether oxygens (including phenoxy) is 1. The Morgan fingerprint density at radius 3 is 2.76 bits per heavy atom. The Morgan fingerprint density at radius 2 is 2.18 bits per heavy atom. The van der Waals surface area contributed by atoms with Crippen molar-refractivity contribution in [2.75, 3.05) is 13.7 Å². The average Bonchev–Trinajstić information content (AvgIpc) is 2.25. The van der Waals surface area contributed by atoms with Crippen LogP contribution in [0.15, 0.2) is 22.7 Å². The Balaban J connectivity index is 2.63. The van der Waals surface area contributed by atoms with Gasteiger partial charge in [0, 0.05) is 29.8 Å². The fourth-order valence-electron chi connectivity index (χ4n) is 1.54. The van der Waals surface area contributed by atoms with Crippen LogP contribution in [0, 0.1) is 6.92 Å². The number of halogens is 1. The first kappa shape index (κ1) is 14.2. The van der Waals surface area contributed by atoms with Crippen LogP contribution in [0.2, 0.25) is 0 Å². The Bertz CT molecular complexity index is 373. The molecule has 17 heavy (non-hydrogen) atoms. The zero-order valence-electron chi connectivity index (χ0n) is 10.4. The Labute approximate surface area is 111 Å². The summed E-state index contributed by atoms with van der Waals surface area (Å²) >= 11 is 3.39.